The monoisotopic (exact) mass is 835 g/mol. The molecule has 1 atom stereocenters. The zero-order chi connectivity index (χ0) is 43.1. The molecule has 0 aromatic rings. The van der Waals surface area contributed by atoms with E-state index in [4.69, 9.17) is 14.2 Å². The maximum absolute atomic E-state index is 12.8. The fraction of sp³-hybridized carbons (Fsp3) is 0.943. The van der Waals surface area contributed by atoms with Crippen LogP contribution >= 0.6 is 0 Å². The Balaban J connectivity index is 4.25. The SMILES string of the molecule is CCCCCCCCCCCCCCCCCCC(=O)OC[C@H](COC(=O)CCCCCCCCCCC)OC(=O)CCCCCCCCCCCCCCCC(C)C. The van der Waals surface area contributed by atoms with Crippen molar-refractivity contribution in [2.24, 2.45) is 5.92 Å². The quantitative estimate of drug-likeness (QED) is 0.0345. The van der Waals surface area contributed by atoms with Gasteiger partial charge in [0.2, 0.25) is 0 Å². The van der Waals surface area contributed by atoms with Crippen molar-refractivity contribution in [1.82, 2.24) is 0 Å². The lowest BCUT2D eigenvalue weighted by atomic mass is 10.0. The van der Waals surface area contributed by atoms with Gasteiger partial charge in [0.05, 0.1) is 0 Å². The largest absolute Gasteiger partial charge is 0.462 e. The molecule has 6 heteroatoms. The molecule has 6 nitrogen and oxygen atoms in total. The van der Waals surface area contributed by atoms with Crippen molar-refractivity contribution < 1.29 is 28.6 Å². The highest BCUT2D eigenvalue weighted by Gasteiger charge is 2.19. The Hall–Kier alpha value is -1.59. The summed E-state index contributed by atoms with van der Waals surface area (Å²) in [6, 6.07) is 0. The molecular formula is C53H102O6. The van der Waals surface area contributed by atoms with Crippen molar-refractivity contribution in [3.05, 3.63) is 0 Å². The molecule has 0 amide bonds. The van der Waals surface area contributed by atoms with Gasteiger partial charge in [0.25, 0.3) is 0 Å². The van der Waals surface area contributed by atoms with E-state index in [1.54, 1.807) is 0 Å². The molecule has 0 spiro atoms. The van der Waals surface area contributed by atoms with Crippen LogP contribution in [0.4, 0.5) is 0 Å². The molecule has 0 aromatic carbocycles. The van der Waals surface area contributed by atoms with Crippen molar-refractivity contribution in [2.75, 3.05) is 13.2 Å². The van der Waals surface area contributed by atoms with Crippen LogP contribution in [-0.2, 0) is 28.6 Å². The Morgan fingerprint density at radius 3 is 0.831 bits per heavy atom. The molecule has 0 N–H and O–H groups in total. The lowest BCUT2D eigenvalue weighted by Gasteiger charge is -2.18. The minimum atomic E-state index is -0.760. The summed E-state index contributed by atoms with van der Waals surface area (Å²) in [5.41, 5.74) is 0. The van der Waals surface area contributed by atoms with Gasteiger partial charge in [-0.1, -0.05) is 259 Å². The zero-order valence-corrected chi connectivity index (χ0v) is 40.2. The zero-order valence-electron chi connectivity index (χ0n) is 40.2. The Kier molecular flexibility index (Phi) is 46.2. The predicted molar refractivity (Wildman–Crippen MR) is 252 cm³/mol. The number of carbonyl (C=O) groups is 3. The minimum absolute atomic E-state index is 0.0626. The summed E-state index contributed by atoms with van der Waals surface area (Å²) in [6.07, 6.45) is 49.5. The first kappa shape index (κ1) is 57.4. The summed E-state index contributed by atoms with van der Waals surface area (Å²) in [7, 11) is 0. The first-order valence-corrected chi connectivity index (χ1v) is 26.4. The van der Waals surface area contributed by atoms with Gasteiger partial charge in [-0.25, -0.2) is 0 Å². The van der Waals surface area contributed by atoms with Gasteiger partial charge in [-0.05, 0) is 25.2 Å². The van der Waals surface area contributed by atoms with Crippen molar-refractivity contribution >= 4 is 17.9 Å². The first-order chi connectivity index (χ1) is 28.9. The second-order valence-electron chi connectivity index (χ2n) is 18.6. The third kappa shape index (κ3) is 47.3. The third-order valence-corrected chi connectivity index (χ3v) is 12.0. The molecule has 350 valence electrons. The van der Waals surface area contributed by atoms with E-state index in [-0.39, 0.29) is 31.1 Å². The fourth-order valence-corrected chi connectivity index (χ4v) is 8.04. The average Bonchev–Trinajstić information content (AvgIpc) is 3.22. The minimum Gasteiger partial charge on any atom is -0.462 e. The number of carbonyl (C=O) groups excluding carboxylic acids is 3. The van der Waals surface area contributed by atoms with Crippen molar-refractivity contribution in [2.45, 2.75) is 303 Å². The molecule has 0 rings (SSSR count). The van der Waals surface area contributed by atoms with Crippen LogP contribution in [0, 0.1) is 5.92 Å². The molecule has 0 aliphatic heterocycles. The summed E-state index contributed by atoms with van der Waals surface area (Å²) in [4.78, 5) is 37.9. The topological polar surface area (TPSA) is 78.9 Å². The molecule has 0 aliphatic rings. The van der Waals surface area contributed by atoms with Gasteiger partial charge >= 0.3 is 17.9 Å². The van der Waals surface area contributed by atoms with Crippen molar-refractivity contribution in [3.8, 4) is 0 Å². The number of hydrogen-bond acceptors (Lipinski definition) is 6. The lowest BCUT2D eigenvalue weighted by molar-refractivity contribution is -0.167. The van der Waals surface area contributed by atoms with E-state index in [0.717, 1.165) is 63.7 Å². The first-order valence-electron chi connectivity index (χ1n) is 26.4. The van der Waals surface area contributed by atoms with Crippen LogP contribution in [0.5, 0.6) is 0 Å². The number of esters is 3. The van der Waals surface area contributed by atoms with E-state index in [1.165, 1.54) is 193 Å². The maximum atomic E-state index is 12.8. The normalized spacial score (nSPS) is 11.9. The van der Waals surface area contributed by atoms with E-state index in [2.05, 4.69) is 27.7 Å². The van der Waals surface area contributed by atoms with E-state index in [1.807, 2.05) is 0 Å². The van der Waals surface area contributed by atoms with Gasteiger partial charge in [-0.15, -0.1) is 0 Å². The highest BCUT2D eigenvalue weighted by Crippen LogP contribution is 2.17. The number of hydrogen-bond donors (Lipinski definition) is 0. The average molecular weight is 835 g/mol. The highest BCUT2D eigenvalue weighted by molar-refractivity contribution is 5.71. The van der Waals surface area contributed by atoms with E-state index in [0.29, 0.717) is 19.3 Å². The molecule has 0 saturated carbocycles. The van der Waals surface area contributed by atoms with Crippen LogP contribution < -0.4 is 0 Å². The summed E-state index contributed by atoms with van der Waals surface area (Å²) in [5.74, 6) is -0.00697. The van der Waals surface area contributed by atoms with Crippen LogP contribution in [0.2, 0.25) is 0 Å². The third-order valence-electron chi connectivity index (χ3n) is 12.0. The van der Waals surface area contributed by atoms with Gasteiger partial charge in [-0.2, -0.15) is 0 Å². The Morgan fingerprint density at radius 2 is 0.559 bits per heavy atom. The molecule has 0 unspecified atom stereocenters. The van der Waals surface area contributed by atoms with E-state index < -0.39 is 6.10 Å². The molecule has 0 radical (unpaired) electrons. The number of ether oxygens (including phenoxy) is 3. The number of unbranched alkanes of at least 4 members (excludes halogenated alkanes) is 35. The second-order valence-corrected chi connectivity index (χ2v) is 18.6. The van der Waals surface area contributed by atoms with Gasteiger partial charge in [0, 0.05) is 19.3 Å². The van der Waals surface area contributed by atoms with Crippen LogP contribution in [0.25, 0.3) is 0 Å². The Labute approximate surface area is 368 Å². The lowest BCUT2D eigenvalue weighted by Crippen LogP contribution is -2.30. The summed E-state index contributed by atoms with van der Waals surface area (Å²) < 4.78 is 16.8. The van der Waals surface area contributed by atoms with E-state index >= 15 is 0 Å². The molecule has 0 heterocycles. The number of rotatable bonds is 48. The van der Waals surface area contributed by atoms with E-state index in [9.17, 15) is 14.4 Å². The van der Waals surface area contributed by atoms with Crippen LogP contribution in [0.15, 0.2) is 0 Å². The van der Waals surface area contributed by atoms with Gasteiger partial charge < -0.3 is 14.2 Å². The maximum Gasteiger partial charge on any atom is 0.306 e. The fourth-order valence-electron chi connectivity index (χ4n) is 8.04. The highest BCUT2D eigenvalue weighted by atomic mass is 16.6. The summed E-state index contributed by atoms with van der Waals surface area (Å²) in [6.45, 7) is 9.02. The molecule has 0 saturated heterocycles. The molecule has 0 fully saturated rings. The van der Waals surface area contributed by atoms with Crippen LogP contribution in [-0.4, -0.2) is 37.2 Å². The summed E-state index contributed by atoms with van der Waals surface area (Å²) >= 11 is 0. The van der Waals surface area contributed by atoms with Gasteiger partial charge in [-0.3, -0.25) is 14.4 Å². The van der Waals surface area contributed by atoms with Crippen molar-refractivity contribution in [1.29, 1.82) is 0 Å². The second kappa shape index (κ2) is 47.5. The predicted octanol–water partition coefficient (Wildman–Crippen LogP) is 17.1. The molecular weight excluding hydrogens is 733 g/mol. The van der Waals surface area contributed by atoms with Crippen LogP contribution in [0.1, 0.15) is 297 Å². The standard InChI is InChI=1S/C53H102O6/c1-5-7-9-11-13-15-16-17-18-19-22-25-29-33-37-41-45-52(55)58-48-50(47-57-51(54)44-40-36-32-27-14-12-10-8-6-2)59-53(56)46-42-38-34-30-26-23-20-21-24-28-31-35-39-43-49(3)4/h49-50H,5-48H2,1-4H3/t50-/m0/s1. The van der Waals surface area contributed by atoms with Crippen LogP contribution in [0.3, 0.4) is 0 Å². The Bertz CT molecular complexity index is 887. The van der Waals surface area contributed by atoms with Gasteiger partial charge in [0.15, 0.2) is 6.10 Å². The van der Waals surface area contributed by atoms with Gasteiger partial charge in [0.1, 0.15) is 13.2 Å². The van der Waals surface area contributed by atoms with Crippen molar-refractivity contribution in [3.63, 3.8) is 0 Å². The Morgan fingerprint density at radius 1 is 0.322 bits per heavy atom. The molecule has 0 aliphatic carbocycles. The summed E-state index contributed by atoms with van der Waals surface area (Å²) in [5, 5.41) is 0. The molecule has 59 heavy (non-hydrogen) atoms. The molecule has 0 aromatic heterocycles. The smallest absolute Gasteiger partial charge is 0.306 e. The molecule has 0 bridgehead atoms.